The number of carbonyl (C=O) groups is 2. The van der Waals surface area contributed by atoms with Gasteiger partial charge in [0.15, 0.2) is 0 Å². The average Bonchev–Trinajstić information content (AvgIpc) is 2.39. The number of hydrogen-bond donors (Lipinski definition) is 1. The van der Waals surface area contributed by atoms with Gasteiger partial charge in [0.2, 0.25) is 0 Å². The maximum Gasteiger partial charge on any atom is 0.354 e. The maximum atomic E-state index is 12.0. The lowest BCUT2D eigenvalue weighted by Gasteiger charge is -2.23. The molecule has 0 saturated heterocycles. The van der Waals surface area contributed by atoms with Crippen molar-refractivity contribution in [3.8, 4) is 0 Å². The molecule has 2 heterocycles. The van der Waals surface area contributed by atoms with E-state index in [1.165, 1.54) is 18.3 Å². The Labute approximate surface area is 98.4 Å². The molecule has 1 aromatic rings. The van der Waals surface area contributed by atoms with Crippen molar-refractivity contribution in [2.75, 3.05) is 13.1 Å². The minimum atomic E-state index is -1.09. The molecule has 0 spiro atoms. The second-order valence-electron chi connectivity index (χ2n) is 3.75. The molecule has 1 N–H and O–H groups in total. The van der Waals surface area contributed by atoms with Crippen molar-refractivity contribution in [1.29, 1.82) is 0 Å². The highest BCUT2D eigenvalue weighted by Gasteiger charge is 2.16. The summed E-state index contributed by atoms with van der Waals surface area (Å²) in [5, 5.41) is 8.70. The quantitative estimate of drug-likeness (QED) is 0.777. The molecule has 0 radical (unpaired) electrons. The van der Waals surface area contributed by atoms with Crippen LogP contribution in [0.5, 0.6) is 0 Å². The van der Waals surface area contributed by atoms with Gasteiger partial charge in [-0.15, -0.1) is 0 Å². The third-order valence-corrected chi connectivity index (χ3v) is 2.57. The molecule has 1 aliphatic heterocycles. The molecule has 0 saturated carbocycles. The predicted molar refractivity (Wildman–Crippen MR) is 60.9 cm³/mol. The van der Waals surface area contributed by atoms with Crippen molar-refractivity contribution in [3.05, 3.63) is 41.7 Å². The summed E-state index contributed by atoms with van der Waals surface area (Å²) in [6.07, 6.45) is 6.15. The lowest BCUT2D eigenvalue weighted by atomic mass is 10.2. The highest BCUT2D eigenvalue weighted by atomic mass is 16.4. The molecule has 0 bridgehead atoms. The van der Waals surface area contributed by atoms with Crippen molar-refractivity contribution < 1.29 is 14.7 Å². The van der Waals surface area contributed by atoms with Gasteiger partial charge in [0.25, 0.3) is 5.91 Å². The lowest BCUT2D eigenvalue weighted by molar-refractivity contribution is 0.0687. The van der Waals surface area contributed by atoms with E-state index in [4.69, 9.17) is 5.11 Å². The number of pyridine rings is 1. The van der Waals surface area contributed by atoms with Crippen molar-refractivity contribution in [2.45, 2.75) is 6.42 Å². The van der Waals surface area contributed by atoms with Gasteiger partial charge in [-0.2, -0.15) is 0 Å². The summed E-state index contributed by atoms with van der Waals surface area (Å²) in [7, 11) is 0. The van der Waals surface area contributed by atoms with Crippen LogP contribution in [0.2, 0.25) is 0 Å². The summed E-state index contributed by atoms with van der Waals surface area (Å²) < 4.78 is 0. The summed E-state index contributed by atoms with van der Waals surface area (Å²) in [6, 6.07) is 2.84. The maximum absolute atomic E-state index is 12.0. The Morgan fingerprint density at radius 2 is 2.12 bits per heavy atom. The van der Waals surface area contributed by atoms with Crippen LogP contribution in [0, 0.1) is 0 Å². The molecule has 5 nitrogen and oxygen atoms in total. The largest absolute Gasteiger partial charge is 0.477 e. The molecule has 17 heavy (non-hydrogen) atoms. The fourth-order valence-electron chi connectivity index (χ4n) is 1.66. The fourth-order valence-corrected chi connectivity index (χ4v) is 1.66. The molecule has 5 heteroatoms. The van der Waals surface area contributed by atoms with Gasteiger partial charge in [0.05, 0.1) is 5.56 Å². The normalized spacial score (nSPS) is 14.7. The zero-order chi connectivity index (χ0) is 12.3. The minimum Gasteiger partial charge on any atom is -0.477 e. The highest BCUT2D eigenvalue weighted by molar-refractivity contribution is 5.95. The third kappa shape index (κ3) is 2.50. The van der Waals surface area contributed by atoms with Gasteiger partial charge >= 0.3 is 5.97 Å². The topological polar surface area (TPSA) is 70.5 Å². The van der Waals surface area contributed by atoms with Crippen LogP contribution in [0.3, 0.4) is 0 Å². The number of nitrogens with zero attached hydrogens (tertiary/aromatic N) is 2. The number of aromatic carboxylic acids is 1. The molecule has 1 aliphatic rings. The smallest absolute Gasteiger partial charge is 0.354 e. The summed E-state index contributed by atoms with van der Waals surface area (Å²) in [6.45, 7) is 1.29. The van der Waals surface area contributed by atoms with Crippen LogP contribution in [-0.4, -0.2) is 40.0 Å². The SMILES string of the molecule is O=C(O)c1ccc(C(=O)N2CC=CCC2)cn1. The van der Waals surface area contributed by atoms with Gasteiger partial charge < -0.3 is 10.0 Å². The van der Waals surface area contributed by atoms with Crippen molar-refractivity contribution in [3.63, 3.8) is 0 Å². The van der Waals surface area contributed by atoms with Crippen molar-refractivity contribution in [2.24, 2.45) is 0 Å². The monoisotopic (exact) mass is 232 g/mol. The molecular weight excluding hydrogens is 220 g/mol. The molecule has 88 valence electrons. The molecule has 0 unspecified atom stereocenters. The van der Waals surface area contributed by atoms with E-state index in [0.717, 1.165) is 6.42 Å². The minimum absolute atomic E-state index is 0.0555. The molecule has 0 aromatic carbocycles. The van der Waals surface area contributed by atoms with Crippen LogP contribution in [0.15, 0.2) is 30.5 Å². The Bertz CT molecular complexity index is 465. The van der Waals surface area contributed by atoms with Crippen LogP contribution >= 0.6 is 0 Å². The van der Waals surface area contributed by atoms with E-state index in [9.17, 15) is 9.59 Å². The molecular formula is C12H12N2O3. The van der Waals surface area contributed by atoms with E-state index in [0.29, 0.717) is 18.7 Å². The molecule has 0 fully saturated rings. The fraction of sp³-hybridized carbons (Fsp3) is 0.250. The zero-order valence-corrected chi connectivity index (χ0v) is 9.17. The number of carbonyl (C=O) groups excluding carboxylic acids is 1. The lowest BCUT2D eigenvalue weighted by Crippen LogP contribution is -2.33. The summed E-state index contributed by atoms with van der Waals surface area (Å²) >= 11 is 0. The Morgan fingerprint density at radius 3 is 2.65 bits per heavy atom. The van der Waals surface area contributed by atoms with E-state index in [1.807, 2.05) is 12.2 Å². The summed E-state index contributed by atoms with van der Waals surface area (Å²) in [5.41, 5.74) is 0.366. The van der Waals surface area contributed by atoms with Gasteiger partial charge in [-0.05, 0) is 18.6 Å². The van der Waals surface area contributed by atoms with Crippen molar-refractivity contribution >= 4 is 11.9 Å². The Morgan fingerprint density at radius 1 is 1.29 bits per heavy atom. The Kier molecular flexibility index (Phi) is 3.18. The third-order valence-electron chi connectivity index (χ3n) is 2.57. The summed E-state index contributed by atoms with van der Waals surface area (Å²) in [4.78, 5) is 28.0. The number of rotatable bonds is 2. The molecule has 2 rings (SSSR count). The number of hydrogen-bond acceptors (Lipinski definition) is 3. The molecule has 1 aromatic heterocycles. The highest BCUT2D eigenvalue weighted by Crippen LogP contribution is 2.08. The predicted octanol–water partition coefficient (Wildman–Crippen LogP) is 1.18. The Balaban J connectivity index is 2.14. The summed E-state index contributed by atoms with van der Waals surface area (Å²) in [5.74, 6) is -1.20. The van der Waals surface area contributed by atoms with Crippen LogP contribution in [0.25, 0.3) is 0 Å². The van der Waals surface area contributed by atoms with Gasteiger partial charge in [-0.3, -0.25) is 4.79 Å². The first-order chi connectivity index (χ1) is 8.18. The number of aromatic nitrogens is 1. The first-order valence-electron chi connectivity index (χ1n) is 5.32. The van der Waals surface area contributed by atoms with E-state index in [2.05, 4.69) is 4.98 Å². The van der Waals surface area contributed by atoms with Gasteiger partial charge in [-0.25, -0.2) is 9.78 Å². The van der Waals surface area contributed by atoms with Crippen LogP contribution < -0.4 is 0 Å². The number of carboxylic acids is 1. The number of amides is 1. The second kappa shape index (κ2) is 4.78. The standard InChI is InChI=1S/C12H12N2O3/c15-11(14-6-2-1-3-7-14)9-4-5-10(12(16)17)13-8-9/h1-2,4-5,8H,3,6-7H2,(H,16,17). The van der Waals surface area contributed by atoms with E-state index >= 15 is 0 Å². The van der Waals surface area contributed by atoms with E-state index < -0.39 is 5.97 Å². The van der Waals surface area contributed by atoms with E-state index in [1.54, 1.807) is 4.90 Å². The first-order valence-corrected chi connectivity index (χ1v) is 5.32. The van der Waals surface area contributed by atoms with Gasteiger partial charge in [0, 0.05) is 19.3 Å². The van der Waals surface area contributed by atoms with E-state index in [-0.39, 0.29) is 11.6 Å². The molecule has 0 atom stereocenters. The second-order valence-corrected chi connectivity index (χ2v) is 3.75. The Hall–Kier alpha value is -2.17. The van der Waals surface area contributed by atoms with Crippen LogP contribution in [-0.2, 0) is 0 Å². The van der Waals surface area contributed by atoms with Gasteiger partial charge in [-0.1, -0.05) is 12.2 Å². The zero-order valence-electron chi connectivity index (χ0n) is 9.17. The first kappa shape index (κ1) is 11.3. The number of carboxylic acid groups (broad SMARTS) is 1. The van der Waals surface area contributed by atoms with Crippen LogP contribution in [0.1, 0.15) is 27.3 Å². The van der Waals surface area contributed by atoms with Crippen LogP contribution in [0.4, 0.5) is 0 Å². The molecule has 1 amide bonds. The molecule has 0 aliphatic carbocycles. The average molecular weight is 232 g/mol. The van der Waals surface area contributed by atoms with Gasteiger partial charge in [0.1, 0.15) is 5.69 Å². The van der Waals surface area contributed by atoms with Crippen molar-refractivity contribution in [1.82, 2.24) is 9.88 Å².